The van der Waals surface area contributed by atoms with E-state index < -0.39 is 6.10 Å². The molecule has 0 saturated heterocycles. The third-order valence-corrected chi connectivity index (χ3v) is 2.75. The van der Waals surface area contributed by atoms with Crippen molar-refractivity contribution in [2.75, 3.05) is 6.61 Å². The Kier molecular flexibility index (Phi) is 5.13. The van der Waals surface area contributed by atoms with E-state index in [9.17, 15) is 5.11 Å². The van der Waals surface area contributed by atoms with Gasteiger partial charge in [0.05, 0.1) is 11.1 Å². The lowest BCUT2D eigenvalue weighted by Gasteiger charge is -2.10. The fourth-order valence-corrected chi connectivity index (χ4v) is 1.42. The van der Waals surface area contributed by atoms with Gasteiger partial charge in [0.25, 0.3) is 0 Å². The molecule has 0 amide bonds. The van der Waals surface area contributed by atoms with Crippen LogP contribution in [0.1, 0.15) is 25.5 Å². The fraction of sp³-hybridized carbons (Fsp3) is 0.333. The Hall–Kier alpha value is -0.700. The van der Waals surface area contributed by atoms with Gasteiger partial charge in [-0.2, -0.15) is 0 Å². The highest BCUT2D eigenvalue weighted by Crippen LogP contribution is 2.28. The molecule has 0 saturated carbocycles. The maximum atomic E-state index is 9.37. The molecule has 16 heavy (non-hydrogen) atoms. The summed E-state index contributed by atoms with van der Waals surface area (Å²) in [5.41, 5.74) is 3.15. The van der Waals surface area contributed by atoms with Gasteiger partial charge in [0.2, 0.25) is 0 Å². The molecule has 0 aliphatic carbocycles. The fourth-order valence-electron chi connectivity index (χ4n) is 1.12. The number of benzene rings is 1. The zero-order valence-electron chi connectivity index (χ0n) is 9.21. The molecule has 0 aliphatic rings. The van der Waals surface area contributed by atoms with E-state index in [0.717, 1.165) is 11.1 Å². The Morgan fingerprint density at radius 3 is 2.75 bits per heavy atom. The van der Waals surface area contributed by atoms with Crippen LogP contribution in [0.25, 0.3) is 0 Å². The Balaban J connectivity index is 2.75. The van der Waals surface area contributed by atoms with Crippen LogP contribution in [-0.2, 0) is 0 Å². The van der Waals surface area contributed by atoms with Crippen molar-refractivity contribution in [3.63, 3.8) is 0 Å². The van der Waals surface area contributed by atoms with E-state index in [2.05, 4.69) is 0 Å². The van der Waals surface area contributed by atoms with Crippen molar-refractivity contribution in [3.8, 4) is 5.75 Å². The van der Waals surface area contributed by atoms with E-state index >= 15 is 0 Å². The van der Waals surface area contributed by atoms with Crippen LogP contribution in [0.3, 0.4) is 0 Å². The van der Waals surface area contributed by atoms with Crippen LogP contribution in [0.15, 0.2) is 29.3 Å². The molecule has 1 N–H and O–H groups in total. The number of rotatable bonds is 4. The van der Waals surface area contributed by atoms with Gasteiger partial charge in [-0.15, -0.1) is 0 Å². The molecule has 2 nitrogen and oxygen atoms in total. The standard InChI is InChI=1S/C12H14Cl2O2/c1-8(6-13)7-16-12-4-3-10(9(2)15)5-11(12)14/h3-6,9,15H,7H2,1-2H3/b8-6+/t9-/m1/s1. The minimum Gasteiger partial charge on any atom is -0.488 e. The molecule has 0 unspecified atom stereocenters. The number of aliphatic hydroxyl groups excluding tert-OH is 1. The summed E-state index contributed by atoms with van der Waals surface area (Å²) in [6.07, 6.45) is -0.531. The molecule has 0 aromatic heterocycles. The second-order valence-electron chi connectivity index (χ2n) is 3.61. The van der Waals surface area contributed by atoms with Crippen molar-refractivity contribution in [1.82, 2.24) is 0 Å². The molecule has 4 heteroatoms. The highest BCUT2D eigenvalue weighted by atomic mass is 35.5. The van der Waals surface area contributed by atoms with Crippen molar-refractivity contribution < 1.29 is 9.84 Å². The van der Waals surface area contributed by atoms with Gasteiger partial charge in [-0.25, -0.2) is 0 Å². The number of halogens is 2. The molecule has 0 radical (unpaired) electrons. The molecule has 0 bridgehead atoms. The second kappa shape index (κ2) is 6.14. The van der Waals surface area contributed by atoms with Gasteiger partial charge < -0.3 is 9.84 Å². The topological polar surface area (TPSA) is 29.5 Å². The molecule has 1 atom stereocenters. The summed E-state index contributed by atoms with van der Waals surface area (Å²) in [6.45, 7) is 3.95. The van der Waals surface area contributed by atoms with Gasteiger partial charge >= 0.3 is 0 Å². The van der Waals surface area contributed by atoms with Crippen LogP contribution >= 0.6 is 23.2 Å². The van der Waals surface area contributed by atoms with Crippen molar-refractivity contribution in [3.05, 3.63) is 39.9 Å². The minimum atomic E-state index is -0.531. The number of aliphatic hydroxyl groups is 1. The van der Waals surface area contributed by atoms with Crippen LogP contribution in [0.2, 0.25) is 5.02 Å². The largest absolute Gasteiger partial charge is 0.488 e. The SMILES string of the molecule is C/C(=C\Cl)COc1ccc([C@@H](C)O)cc1Cl. The van der Waals surface area contributed by atoms with Gasteiger partial charge in [-0.1, -0.05) is 29.3 Å². The molecule has 1 rings (SSSR count). The first-order valence-corrected chi connectivity index (χ1v) is 5.72. The third kappa shape index (κ3) is 3.71. The average Bonchev–Trinajstić information content (AvgIpc) is 2.26. The molecule has 0 heterocycles. The number of hydrogen-bond donors (Lipinski definition) is 1. The zero-order valence-corrected chi connectivity index (χ0v) is 10.7. The summed E-state index contributed by atoms with van der Waals surface area (Å²) in [5.74, 6) is 0.587. The third-order valence-electron chi connectivity index (χ3n) is 2.08. The summed E-state index contributed by atoms with van der Waals surface area (Å²) in [4.78, 5) is 0. The second-order valence-corrected chi connectivity index (χ2v) is 4.24. The predicted molar refractivity (Wildman–Crippen MR) is 67.2 cm³/mol. The van der Waals surface area contributed by atoms with E-state index in [1.54, 1.807) is 25.1 Å². The monoisotopic (exact) mass is 260 g/mol. The summed E-state index contributed by atoms with van der Waals surface area (Å²) in [7, 11) is 0. The van der Waals surface area contributed by atoms with Crippen molar-refractivity contribution >= 4 is 23.2 Å². The Labute approximate surface area is 105 Å². The maximum Gasteiger partial charge on any atom is 0.138 e. The maximum absolute atomic E-state index is 9.37. The lowest BCUT2D eigenvalue weighted by atomic mass is 10.1. The number of ether oxygens (including phenoxy) is 1. The van der Waals surface area contributed by atoms with Crippen LogP contribution in [0.5, 0.6) is 5.75 Å². The molecule has 0 fully saturated rings. The first-order valence-electron chi connectivity index (χ1n) is 4.90. The quantitative estimate of drug-likeness (QED) is 0.890. The summed E-state index contributed by atoms with van der Waals surface area (Å²) < 4.78 is 5.46. The molecule has 1 aromatic carbocycles. The Bertz CT molecular complexity index is 387. The van der Waals surface area contributed by atoms with Crippen LogP contribution in [0, 0.1) is 0 Å². The number of hydrogen-bond acceptors (Lipinski definition) is 2. The van der Waals surface area contributed by atoms with Crippen LogP contribution < -0.4 is 4.74 Å². The summed E-state index contributed by atoms with van der Waals surface area (Å²) in [6, 6.07) is 5.22. The summed E-state index contributed by atoms with van der Waals surface area (Å²) in [5, 5.41) is 9.86. The average molecular weight is 261 g/mol. The minimum absolute atomic E-state index is 0.400. The van der Waals surface area contributed by atoms with E-state index in [1.165, 1.54) is 5.54 Å². The van der Waals surface area contributed by atoms with Gasteiger partial charge in [-0.3, -0.25) is 0 Å². The summed E-state index contributed by atoms with van der Waals surface area (Å²) >= 11 is 11.5. The molecule has 0 aliphatic heterocycles. The highest BCUT2D eigenvalue weighted by molar-refractivity contribution is 6.32. The zero-order chi connectivity index (χ0) is 12.1. The van der Waals surface area contributed by atoms with E-state index in [4.69, 9.17) is 27.9 Å². The lowest BCUT2D eigenvalue weighted by Crippen LogP contribution is -1.99. The molecular weight excluding hydrogens is 247 g/mol. The van der Waals surface area contributed by atoms with Gasteiger partial charge in [0, 0.05) is 5.54 Å². The van der Waals surface area contributed by atoms with Gasteiger partial charge in [-0.05, 0) is 37.1 Å². The van der Waals surface area contributed by atoms with Gasteiger partial charge in [0.15, 0.2) is 0 Å². The molecule has 1 aromatic rings. The van der Waals surface area contributed by atoms with Crippen molar-refractivity contribution in [2.45, 2.75) is 20.0 Å². The molecule has 0 spiro atoms. The first-order chi connectivity index (χ1) is 7.54. The van der Waals surface area contributed by atoms with Crippen LogP contribution in [0.4, 0.5) is 0 Å². The van der Waals surface area contributed by atoms with E-state index in [0.29, 0.717) is 17.4 Å². The molecule has 88 valence electrons. The normalized spacial score (nSPS) is 13.7. The smallest absolute Gasteiger partial charge is 0.138 e. The van der Waals surface area contributed by atoms with E-state index in [-0.39, 0.29) is 0 Å². The van der Waals surface area contributed by atoms with Crippen LogP contribution in [-0.4, -0.2) is 11.7 Å². The lowest BCUT2D eigenvalue weighted by molar-refractivity contribution is 0.199. The van der Waals surface area contributed by atoms with Crippen molar-refractivity contribution in [1.29, 1.82) is 0 Å². The Morgan fingerprint density at radius 2 is 2.25 bits per heavy atom. The molecular formula is C12H14Cl2O2. The van der Waals surface area contributed by atoms with E-state index in [1.807, 2.05) is 6.92 Å². The first kappa shape index (κ1) is 13.4. The predicted octanol–water partition coefficient (Wildman–Crippen LogP) is 3.91. The van der Waals surface area contributed by atoms with Gasteiger partial charge in [0.1, 0.15) is 12.4 Å². The highest BCUT2D eigenvalue weighted by Gasteiger charge is 2.06. The Morgan fingerprint density at radius 1 is 1.56 bits per heavy atom. The van der Waals surface area contributed by atoms with Crippen molar-refractivity contribution in [2.24, 2.45) is 0 Å².